The Hall–Kier alpha value is -2.16. The first-order chi connectivity index (χ1) is 7.86. The number of rotatable bonds is 3. The minimum Gasteiger partial charge on any atom is -0.348 e. The highest BCUT2D eigenvalue weighted by Gasteiger charge is 2.03. The van der Waals surface area contributed by atoms with E-state index in [2.05, 4.69) is 10.3 Å². The van der Waals surface area contributed by atoms with Gasteiger partial charge in [0.1, 0.15) is 0 Å². The molecule has 0 bridgehead atoms. The van der Waals surface area contributed by atoms with E-state index >= 15 is 0 Å². The summed E-state index contributed by atoms with van der Waals surface area (Å²) in [6.07, 6.45) is 3.22. The van der Waals surface area contributed by atoms with Crippen LogP contribution in [0.5, 0.6) is 0 Å². The predicted octanol–water partition coefficient (Wildman–Crippen LogP) is 2.01. The van der Waals surface area contributed by atoms with Crippen LogP contribution in [0.25, 0.3) is 0 Å². The second-order valence-electron chi connectivity index (χ2n) is 3.40. The number of pyridine rings is 1. The summed E-state index contributed by atoms with van der Waals surface area (Å²) in [5.41, 5.74) is 1.72. The maximum absolute atomic E-state index is 11.7. The van der Waals surface area contributed by atoms with Crippen LogP contribution >= 0.6 is 0 Å². The molecule has 0 atom stereocenters. The summed E-state index contributed by atoms with van der Waals surface area (Å²) in [7, 11) is 0. The molecule has 0 aliphatic carbocycles. The van der Waals surface area contributed by atoms with Gasteiger partial charge >= 0.3 is 0 Å². The van der Waals surface area contributed by atoms with Crippen molar-refractivity contribution < 1.29 is 4.79 Å². The van der Waals surface area contributed by atoms with Gasteiger partial charge in [0.2, 0.25) is 0 Å². The van der Waals surface area contributed by atoms with Crippen molar-refractivity contribution in [3.63, 3.8) is 0 Å². The molecule has 0 aliphatic rings. The smallest absolute Gasteiger partial charge is 0.251 e. The zero-order valence-corrected chi connectivity index (χ0v) is 8.76. The third-order valence-electron chi connectivity index (χ3n) is 2.24. The highest BCUT2D eigenvalue weighted by atomic mass is 16.1. The topological polar surface area (TPSA) is 42.0 Å². The maximum atomic E-state index is 11.7. The zero-order valence-electron chi connectivity index (χ0n) is 8.76. The van der Waals surface area contributed by atoms with E-state index in [0.717, 1.165) is 5.56 Å². The molecule has 3 heteroatoms. The Morgan fingerprint density at radius 2 is 1.75 bits per heavy atom. The molecule has 1 amide bonds. The number of nitrogens with one attached hydrogen (secondary N) is 1. The number of hydrogen-bond acceptors (Lipinski definition) is 2. The third-order valence-corrected chi connectivity index (χ3v) is 2.24. The molecule has 0 saturated heterocycles. The first kappa shape index (κ1) is 10.4. The van der Waals surface area contributed by atoms with Crippen molar-refractivity contribution in [1.29, 1.82) is 0 Å². The second kappa shape index (κ2) is 5.07. The number of nitrogens with zero attached hydrogens (tertiary/aromatic N) is 1. The SMILES string of the molecule is O=C(NCc1ccccc1)c1ccncc1. The van der Waals surface area contributed by atoms with Gasteiger partial charge in [-0.2, -0.15) is 0 Å². The highest BCUT2D eigenvalue weighted by Crippen LogP contribution is 2.00. The fraction of sp³-hybridized carbons (Fsp3) is 0.0769. The van der Waals surface area contributed by atoms with Crippen molar-refractivity contribution in [1.82, 2.24) is 10.3 Å². The first-order valence-electron chi connectivity index (χ1n) is 5.08. The van der Waals surface area contributed by atoms with Crippen molar-refractivity contribution in [2.24, 2.45) is 0 Å². The lowest BCUT2D eigenvalue weighted by Crippen LogP contribution is -2.22. The predicted molar refractivity (Wildman–Crippen MR) is 61.8 cm³/mol. The van der Waals surface area contributed by atoms with E-state index in [9.17, 15) is 4.79 Å². The van der Waals surface area contributed by atoms with E-state index in [-0.39, 0.29) is 5.91 Å². The fourth-order valence-electron chi connectivity index (χ4n) is 1.38. The molecule has 1 N–H and O–H groups in total. The minimum absolute atomic E-state index is 0.0775. The van der Waals surface area contributed by atoms with Crippen LogP contribution in [0.2, 0.25) is 0 Å². The van der Waals surface area contributed by atoms with Gasteiger partial charge in [-0.1, -0.05) is 30.3 Å². The van der Waals surface area contributed by atoms with Crippen molar-refractivity contribution in [3.8, 4) is 0 Å². The number of carbonyl (C=O) groups excluding carboxylic acids is 1. The Kier molecular flexibility index (Phi) is 3.28. The van der Waals surface area contributed by atoms with Gasteiger partial charge in [-0.15, -0.1) is 0 Å². The molecule has 0 aliphatic heterocycles. The molecule has 0 unspecified atom stereocenters. The van der Waals surface area contributed by atoms with Crippen LogP contribution in [0.15, 0.2) is 54.9 Å². The Labute approximate surface area is 94.1 Å². The number of aromatic nitrogens is 1. The number of carbonyl (C=O) groups is 1. The molecule has 1 aromatic heterocycles. The van der Waals surface area contributed by atoms with Gasteiger partial charge in [0.15, 0.2) is 0 Å². The van der Waals surface area contributed by atoms with Crippen LogP contribution in [-0.2, 0) is 6.54 Å². The van der Waals surface area contributed by atoms with Gasteiger partial charge in [0.05, 0.1) is 0 Å². The van der Waals surface area contributed by atoms with Gasteiger partial charge in [0.25, 0.3) is 5.91 Å². The number of hydrogen-bond donors (Lipinski definition) is 1. The summed E-state index contributed by atoms with van der Waals surface area (Å²) >= 11 is 0. The fourth-order valence-corrected chi connectivity index (χ4v) is 1.38. The van der Waals surface area contributed by atoms with Crippen LogP contribution in [0, 0.1) is 0 Å². The molecule has 0 radical (unpaired) electrons. The van der Waals surface area contributed by atoms with Crippen LogP contribution in [0.3, 0.4) is 0 Å². The summed E-state index contributed by atoms with van der Waals surface area (Å²) < 4.78 is 0. The molecular weight excluding hydrogens is 200 g/mol. The lowest BCUT2D eigenvalue weighted by Gasteiger charge is -2.04. The summed E-state index contributed by atoms with van der Waals surface area (Å²) in [5.74, 6) is -0.0775. The Bertz CT molecular complexity index is 454. The van der Waals surface area contributed by atoms with Gasteiger partial charge in [0, 0.05) is 24.5 Å². The molecule has 2 rings (SSSR count). The van der Waals surface area contributed by atoms with E-state index in [4.69, 9.17) is 0 Å². The molecule has 16 heavy (non-hydrogen) atoms. The molecule has 0 spiro atoms. The molecule has 3 nitrogen and oxygen atoms in total. The van der Waals surface area contributed by atoms with Crippen molar-refractivity contribution >= 4 is 5.91 Å². The highest BCUT2D eigenvalue weighted by molar-refractivity contribution is 5.93. The largest absolute Gasteiger partial charge is 0.348 e. The lowest BCUT2D eigenvalue weighted by molar-refractivity contribution is 0.0951. The van der Waals surface area contributed by atoms with Gasteiger partial charge in [-0.05, 0) is 17.7 Å². The van der Waals surface area contributed by atoms with E-state index in [1.807, 2.05) is 30.3 Å². The first-order valence-corrected chi connectivity index (χ1v) is 5.08. The third kappa shape index (κ3) is 2.67. The average molecular weight is 212 g/mol. The molecule has 1 aromatic carbocycles. The summed E-state index contributed by atoms with van der Waals surface area (Å²) in [6.45, 7) is 0.544. The Morgan fingerprint density at radius 1 is 1.06 bits per heavy atom. The van der Waals surface area contributed by atoms with Crippen molar-refractivity contribution in [2.45, 2.75) is 6.54 Å². The van der Waals surface area contributed by atoms with E-state index < -0.39 is 0 Å². The molecule has 0 fully saturated rings. The Morgan fingerprint density at radius 3 is 2.44 bits per heavy atom. The quantitative estimate of drug-likeness (QED) is 0.845. The number of amides is 1. The molecule has 1 heterocycles. The van der Waals surface area contributed by atoms with E-state index in [0.29, 0.717) is 12.1 Å². The second-order valence-corrected chi connectivity index (χ2v) is 3.40. The normalized spacial score (nSPS) is 9.75. The van der Waals surface area contributed by atoms with Crippen molar-refractivity contribution in [3.05, 3.63) is 66.0 Å². The van der Waals surface area contributed by atoms with Crippen LogP contribution in [0.4, 0.5) is 0 Å². The average Bonchev–Trinajstić information content (AvgIpc) is 2.38. The molecule has 2 aromatic rings. The molecule has 80 valence electrons. The molecule has 0 saturated carbocycles. The van der Waals surface area contributed by atoms with Gasteiger partial charge in [-0.3, -0.25) is 9.78 Å². The van der Waals surface area contributed by atoms with E-state index in [1.54, 1.807) is 24.5 Å². The monoisotopic (exact) mass is 212 g/mol. The van der Waals surface area contributed by atoms with Gasteiger partial charge < -0.3 is 5.32 Å². The van der Waals surface area contributed by atoms with Crippen LogP contribution < -0.4 is 5.32 Å². The number of benzene rings is 1. The molecular formula is C13H12N2O. The minimum atomic E-state index is -0.0775. The summed E-state index contributed by atoms with van der Waals surface area (Å²) in [5, 5.41) is 2.85. The van der Waals surface area contributed by atoms with Crippen molar-refractivity contribution in [2.75, 3.05) is 0 Å². The zero-order chi connectivity index (χ0) is 11.2. The van der Waals surface area contributed by atoms with Gasteiger partial charge in [-0.25, -0.2) is 0 Å². The summed E-state index contributed by atoms with van der Waals surface area (Å²) in [4.78, 5) is 15.5. The summed E-state index contributed by atoms with van der Waals surface area (Å²) in [6, 6.07) is 13.2. The van der Waals surface area contributed by atoms with Crippen LogP contribution in [0.1, 0.15) is 15.9 Å². The maximum Gasteiger partial charge on any atom is 0.251 e. The Balaban J connectivity index is 1.95. The van der Waals surface area contributed by atoms with E-state index in [1.165, 1.54) is 0 Å². The lowest BCUT2D eigenvalue weighted by atomic mass is 10.2. The standard InChI is InChI=1S/C13H12N2O/c16-13(12-6-8-14-9-7-12)15-10-11-4-2-1-3-5-11/h1-9H,10H2,(H,15,16). The van der Waals surface area contributed by atoms with Crippen LogP contribution in [-0.4, -0.2) is 10.9 Å².